The van der Waals surface area contributed by atoms with Gasteiger partial charge in [-0.05, 0) is 98.6 Å². The van der Waals surface area contributed by atoms with Gasteiger partial charge in [0.1, 0.15) is 42.4 Å². The van der Waals surface area contributed by atoms with Gasteiger partial charge in [-0.3, -0.25) is 0 Å². The Bertz CT molecular complexity index is 2300. The van der Waals surface area contributed by atoms with Gasteiger partial charge in [-0.1, -0.05) is 25.1 Å². The summed E-state index contributed by atoms with van der Waals surface area (Å²) in [5.74, 6) is -0.395. The zero-order valence-corrected chi connectivity index (χ0v) is 30.7. The van der Waals surface area contributed by atoms with Crippen molar-refractivity contribution in [2.75, 3.05) is 49.2 Å². The minimum atomic E-state index is -1.15. The van der Waals surface area contributed by atoms with Crippen molar-refractivity contribution in [2.45, 2.75) is 51.7 Å². The average Bonchev–Trinajstić information content (AvgIpc) is 3.93. The lowest BCUT2D eigenvalue weighted by Gasteiger charge is -2.37. The average molecular weight is 726 g/mol. The summed E-state index contributed by atoms with van der Waals surface area (Å²) in [5.41, 5.74) is 6.85. The van der Waals surface area contributed by atoms with Crippen LogP contribution in [0.1, 0.15) is 43.0 Å². The first-order valence-corrected chi connectivity index (χ1v) is 18.4. The predicted octanol–water partition coefficient (Wildman–Crippen LogP) is 5.60. The van der Waals surface area contributed by atoms with E-state index in [4.69, 9.17) is 14.2 Å². The fraction of sp³-hybridized carbons (Fsp3) is 0.341. The van der Waals surface area contributed by atoms with Gasteiger partial charge in [0.05, 0.1) is 30.0 Å². The predicted molar refractivity (Wildman–Crippen MR) is 205 cm³/mol. The highest BCUT2D eigenvalue weighted by Crippen LogP contribution is 2.38. The third-order valence-corrected chi connectivity index (χ3v) is 10.4. The number of fused-ring (bicyclic) bond motifs is 1. The first-order valence-electron chi connectivity index (χ1n) is 18.4. The summed E-state index contributed by atoms with van der Waals surface area (Å²) in [4.78, 5) is 19.2. The summed E-state index contributed by atoms with van der Waals surface area (Å²) >= 11 is 0. The van der Waals surface area contributed by atoms with E-state index in [-0.39, 0.29) is 24.4 Å². The second-order valence-corrected chi connectivity index (χ2v) is 13.9. The van der Waals surface area contributed by atoms with Crippen molar-refractivity contribution < 1.29 is 14.2 Å². The van der Waals surface area contributed by atoms with E-state index in [9.17, 15) is 10.1 Å². The van der Waals surface area contributed by atoms with E-state index in [2.05, 4.69) is 55.4 Å². The molecule has 54 heavy (non-hydrogen) atoms. The Labute approximate surface area is 313 Å². The molecule has 0 spiro atoms. The second-order valence-electron chi connectivity index (χ2n) is 13.9. The zero-order valence-electron chi connectivity index (χ0n) is 30.7. The van der Waals surface area contributed by atoms with Crippen LogP contribution in [0, 0.1) is 18.3 Å². The molecule has 1 unspecified atom stereocenters. The Morgan fingerprint density at radius 2 is 1.54 bits per heavy atom. The van der Waals surface area contributed by atoms with Crippen molar-refractivity contribution in [3.63, 3.8) is 0 Å². The molecule has 4 aromatic carbocycles. The third kappa shape index (κ3) is 6.93. The number of aryl methyl sites for hydroxylation is 1. The van der Waals surface area contributed by atoms with Gasteiger partial charge in [-0.25, -0.2) is 14.0 Å². The number of ether oxygens (including phenoxy) is 3. The van der Waals surface area contributed by atoms with Crippen LogP contribution in [-0.4, -0.2) is 74.8 Å². The van der Waals surface area contributed by atoms with Crippen LogP contribution in [0.3, 0.4) is 0 Å². The van der Waals surface area contributed by atoms with Gasteiger partial charge in [0.25, 0.3) is 0 Å². The highest BCUT2D eigenvalue weighted by atomic mass is 16.8. The fourth-order valence-corrected chi connectivity index (χ4v) is 7.24. The van der Waals surface area contributed by atoms with Crippen molar-refractivity contribution in [3.8, 4) is 17.5 Å². The molecule has 3 atom stereocenters. The molecule has 13 heteroatoms. The Morgan fingerprint density at radius 1 is 0.907 bits per heavy atom. The molecular weight excluding hydrogens is 683 g/mol. The number of hydrogen-bond acceptors (Lipinski definition) is 10. The summed E-state index contributed by atoms with van der Waals surface area (Å²) in [6.45, 7) is 10.4. The highest BCUT2D eigenvalue weighted by molar-refractivity contribution is 5.73. The molecule has 8 rings (SSSR count). The van der Waals surface area contributed by atoms with Gasteiger partial charge in [-0.2, -0.15) is 25.4 Å². The number of hydrogen-bond donors (Lipinski definition) is 0. The van der Waals surface area contributed by atoms with Crippen LogP contribution in [-0.2, 0) is 21.8 Å². The van der Waals surface area contributed by atoms with E-state index in [1.165, 1.54) is 0 Å². The fourth-order valence-electron chi connectivity index (χ4n) is 7.24. The van der Waals surface area contributed by atoms with E-state index in [0.29, 0.717) is 18.8 Å². The van der Waals surface area contributed by atoms with E-state index in [0.717, 1.165) is 77.6 Å². The molecule has 0 amide bonds. The first kappa shape index (κ1) is 35.1. The van der Waals surface area contributed by atoms with Gasteiger partial charge >= 0.3 is 5.69 Å². The van der Waals surface area contributed by atoms with Crippen LogP contribution in [0.5, 0.6) is 5.75 Å². The molecule has 0 aliphatic carbocycles. The van der Waals surface area contributed by atoms with Crippen LogP contribution in [0.2, 0.25) is 0 Å². The van der Waals surface area contributed by atoms with Crippen LogP contribution in [0.25, 0.3) is 16.7 Å². The lowest BCUT2D eigenvalue weighted by molar-refractivity contribution is -0.192. The quantitative estimate of drug-likeness (QED) is 0.166. The van der Waals surface area contributed by atoms with Gasteiger partial charge in [0, 0.05) is 43.1 Å². The van der Waals surface area contributed by atoms with Crippen molar-refractivity contribution in [3.05, 3.63) is 124 Å². The number of nitrogens with zero attached hydrogens (tertiary/aromatic N) is 9. The Balaban J connectivity index is 0.874. The molecule has 276 valence electrons. The molecule has 2 saturated heterocycles. The van der Waals surface area contributed by atoms with E-state index < -0.39 is 5.79 Å². The van der Waals surface area contributed by atoms with Crippen molar-refractivity contribution in [2.24, 2.45) is 0 Å². The van der Waals surface area contributed by atoms with Gasteiger partial charge in [-0.15, -0.1) is 0 Å². The largest absolute Gasteiger partial charge is 0.491 e. The lowest BCUT2D eigenvalue weighted by atomic mass is 9.98. The maximum Gasteiger partial charge on any atom is 0.350 e. The van der Waals surface area contributed by atoms with Crippen molar-refractivity contribution >= 4 is 22.4 Å². The van der Waals surface area contributed by atoms with Gasteiger partial charge in [0.15, 0.2) is 0 Å². The number of rotatable bonds is 11. The van der Waals surface area contributed by atoms with E-state index in [1.807, 2.05) is 81.4 Å². The van der Waals surface area contributed by atoms with Crippen LogP contribution >= 0.6 is 0 Å². The molecule has 0 saturated carbocycles. The molecule has 6 aromatic rings. The minimum absolute atomic E-state index is 0.0613. The number of piperazine rings is 1. The molecule has 0 bridgehead atoms. The number of nitriles is 1. The molecule has 2 aliphatic rings. The van der Waals surface area contributed by atoms with Crippen LogP contribution < -0.4 is 20.2 Å². The lowest BCUT2D eigenvalue weighted by Crippen LogP contribution is -2.46. The molecule has 2 aliphatic heterocycles. The molecule has 0 radical (unpaired) electrons. The first-order chi connectivity index (χ1) is 26.3. The minimum Gasteiger partial charge on any atom is -0.491 e. The summed E-state index contributed by atoms with van der Waals surface area (Å²) < 4.78 is 22.5. The SMILES string of the molecule is CCC(C)n1ncn(-c2ccc(N3CCN(c4ccc(OC[C@@H]5CO[C@@](Cn6nc7ccccc7n6)(c6ccc(C#N)cc6C)O5)cc4)CC3)cc2)c1=O. The molecule has 13 nitrogen and oxygen atoms in total. The summed E-state index contributed by atoms with van der Waals surface area (Å²) in [6, 6.07) is 31.8. The number of benzene rings is 4. The Kier molecular flexibility index (Phi) is 9.62. The number of anilines is 2. The molecule has 2 aromatic heterocycles. The van der Waals surface area contributed by atoms with Gasteiger partial charge in [0.2, 0.25) is 5.79 Å². The summed E-state index contributed by atoms with van der Waals surface area (Å²) in [7, 11) is 0. The summed E-state index contributed by atoms with van der Waals surface area (Å²) in [6.07, 6.45) is 2.11. The molecule has 0 N–H and O–H groups in total. The van der Waals surface area contributed by atoms with Crippen LogP contribution in [0.15, 0.2) is 102 Å². The van der Waals surface area contributed by atoms with Crippen molar-refractivity contribution in [1.82, 2.24) is 29.3 Å². The standard InChI is InChI=1S/C41H43N9O4/c1-4-30(3)50-40(51)48(28-43-50)34-12-10-32(11-13-34)46-19-21-47(22-20-46)33-14-16-35(17-15-33)52-25-36-26-53-41(54-36,37-18-9-31(24-42)23-29(37)2)27-49-44-38-7-5-6-8-39(38)45-49/h5-18,23,28,30,36H,4,19-22,25-27H2,1-3H3/t30?,36-,41-/m1/s1. The molecule has 2 fully saturated rings. The Morgan fingerprint density at radius 3 is 2.15 bits per heavy atom. The molecule has 4 heterocycles. The van der Waals surface area contributed by atoms with E-state index in [1.54, 1.807) is 26.4 Å². The maximum atomic E-state index is 12.8. The number of aromatic nitrogens is 6. The highest BCUT2D eigenvalue weighted by Gasteiger charge is 2.45. The van der Waals surface area contributed by atoms with Crippen molar-refractivity contribution in [1.29, 1.82) is 5.26 Å². The topological polar surface area (TPSA) is 128 Å². The summed E-state index contributed by atoms with van der Waals surface area (Å²) in [5, 5.41) is 23.1. The van der Waals surface area contributed by atoms with Crippen LogP contribution in [0.4, 0.5) is 11.4 Å². The normalized spacial score (nSPS) is 19.3. The van der Waals surface area contributed by atoms with E-state index >= 15 is 0 Å². The van der Waals surface area contributed by atoms with Gasteiger partial charge < -0.3 is 24.0 Å². The second kappa shape index (κ2) is 14.8. The molecular formula is C41H43N9O4. The smallest absolute Gasteiger partial charge is 0.350 e. The third-order valence-electron chi connectivity index (χ3n) is 10.4. The Hall–Kier alpha value is -5.97. The monoisotopic (exact) mass is 725 g/mol. The maximum absolute atomic E-state index is 12.8. The zero-order chi connectivity index (χ0) is 37.2.